The highest BCUT2D eigenvalue weighted by Gasteiger charge is 2.45. The minimum absolute atomic E-state index is 0.225. The molecule has 1 spiro atoms. The molecule has 0 amide bonds. The first-order chi connectivity index (χ1) is 8.62. The van der Waals surface area contributed by atoms with Gasteiger partial charge in [0.1, 0.15) is 5.82 Å². The fraction of sp³-hybridized carbons (Fsp3) is 0.571. The van der Waals surface area contributed by atoms with Gasteiger partial charge in [-0.3, -0.25) is 0 Å². The van der Waals surface area contributed by atoms with Crippen LogP contribution in [0.1, 0.15) is 31.2 Å². The Morgan fingerprint density at radius 3 is 2.06 bits per heavy atom. The van der Waals surface area contributed by atoms with Gasteiger partial charge < -0.3 is 15.2 Å². The van der Waals surface area contributed by atoms with E-state index >= 15 is 0 Å². The van der Waals surface area contributed by atoms with E-state index in [1.54, 1.807) is 12.1 Å². The van der Waals surface area contributed by atoms with Gasteiger partial charge >= 0.3 is 0 Å². The summed E-state index contributed by atoms with van der Waals surface area (Å²) in [4.78, 5) is 0. The van der Waals surface area contributed by atoms with Crippen LogP contribution in [-0.2, 0) is 15.0 Å². The van der Waals surface area contributed by atoms with E-state index in [1.807, 2.05) is 0 Å². The van der Waals surface area contributed by atoms with Crippen LogP contribution in [0.15, 0.2) is 24.3 Å². The summed E-state index contributed by atoms with van der Waals surface area (Å²) in [5, 5.41) is 0. The number of hydrogen-bond acceptors (Lipinski definition) is 3. The Bertz CT molecular complexity index is 416. The molecular formula is C14H18FNO2. The molecule has 2 N–H and O–H groups in total. The largest absolute Gasteiger partial charge is 0.348 e. The standard InChI is InChI=1S/C14H18FNO2/c15-12-3-1-11(2-4-12)13(16)5-7-14(8-6-13)17-9-10-18-14/h1-4H,5-10,16H2. The predicted molar refractivity (Wildman–Crippen MR) is 65.4 cm³/mol. The molecule has 1 saturated carbocycles. The maximum absolute atomic E-state index is 12.9. The topological polar surface area (TPSA) is 44.5 Å². The lowest BCUT2D eigenvalue weighted by Crippen LogP contribution is -2.47. The predicted octanol–water partition coefficient (Wildman–Crippen LogP) is 2.30. The molecule has 98 valence electrons. The van der Waals surface area contributed by atoms with E-state index < -0.39 is 5.79 Å². The molecule has 0 atom stereocenters. The molecule has 3 rings (SSSR count). The summed E-state index contributed by atoms with van der Waals surface area (Å²) < 4.78 is 24.3. The molecule has 1 aliphatic heterocycles. The number of ether oxygens (including phenoxy) is 2. The number of hydrogen-bond donors (Lipinski definition) is 1. The van der Waals surface area contributed by atoms with Crippen LogP contribution in [0.5, 0.6) is 0 Å². The fourth-order valence-corrected chi connectivity index (χ4v) is 2.93. The Kier molecular flexibility index (Phi) is 2.88. The minimum atomic E-state index is -0.400. The van der Waals surface area contributed by atoms with Crippen molar-refractivity contribution in [3.63, 3.8) is 0 Å². The zero-order chi connectivity index (χ0) is 12.6. The Morgan fingerprint density at radius 2 is 1.50 bits per heavy atom. The summed E-state index contributed by atoms with van der Waals surface area (Å²) in [6.45, 7) is 1.35. The summed E-state index contributed by atoms with van der Waals surface area (Å²) in [5.41, 5.74) is 7.06. The van der Waals surface area contributed by atoms with Crippen LogP contribution in [-0.4, -0.2) is 19.0 Å². The quantitative estimate of drug-likeness (QED) is 0.833. The van der Waals surface area contributed by atoms with Gasteiger partial charge in [0.25, 0.3) is 0 Å². The summed E-state index contributed by atoms with van der Waals surface area (Å²) in [7, 11) is 0. The molecule has 1 heterocycles. The third-order valence-corrected chi connectivity index (χ3v) is 4.14. The van der Waals surface area contributed by atoms with Crippen molar-refractivity contribution in [3.8, 4) is 0 Å². The maximum Gasteiger partial charge on any atom is 0.168 e. The summed E-state index contributed by atoms with van der Waals surface area (Å²) in [6.07, 6.45) is 3.22. The van der Waals surface area contributed by atoms with Gasteiger partial charge in [-0.1, -0.05) is 12.1 Å². The van der Waals surface area contributed by atoms with Crippen LogP contribution in [0.2, 0.25) is 0 Å². The number of halogens is 1. The second kappa shape index (κ2) is 4.30. The third kappa shape index (κ3) is 2.05. The zero-order valence-corrected chi connectivity index (χ0v) is 10.3. The van der Waals surface area contributed by atoms with Crippen molar-refractivity contribution in [1.29, 1.82) is 0 Å². The van der Waals surface area contributed by atoms with E-state index in [0.717, 1.165) is 31.2 Å². The molecule has 18 heavy (non-hydrogen) atoms. The highest BCUT2D eigenvalue weighted by atomic mass is 19.1. The van der Waals surface area contributed by atoms with Crippen molar-refractivity contribution in [2.45, 2.75) is 37.0 Å². The van der Waals surface area contributed by atoms with E-state index in [0.29, 0.717) is 13.2 Å². The average Bonchev–Trinajstić information content (AvgIpc) is 2.83. The molecule has 1 aromatic rings. The lowest BCUT2D eigenvalue weighted by atomic mass is 9.75. The van der Waals surface area contributed by atoms with Crippen molar-refractivity contribution >= 4 is 0 Å². The van der Waals surface area contributed by atoms with Crippen LogP contribution < -0.4 is 5.73 Å². The SMILES string of the molecule is NC1(c2ccc(F)cc2)CCC2(CC1)OCCO2. The van der Waals surface area contributed by atoms with Gasteiger partial charge in [0.05, 0.1) is 13.2 Å². The molecule has 4 heteroatoms. The molecular weight excluding hydrogens is 233 g/mol. The monoisotopic (exact) mass is 251 g/mol. The van der Waals surface area contributed by atoms with E-state index in [1.165, 1.54) is 12.1 Å². The van der Waals surface area contributed by atoms with Crippen molar-refractivity contribution in [1.82, 2.24) is 0 Å². The molecule has 1 saturated heterocycles. The van der Waals surface area contributed by atoms with Crippen molar-refractivity contribution in [2.75, 3.05) is 13.2 Å². The molecule has 0 unspecified atom stereocenters. The average molecular weight is 251 g/mol. The highest BCUT2D eigenvalue weighted by Crippen LogP contribution is 2.43. The van der Waals surface area contributed by atoms with E-state index in [-0.39, 0.29) is 11.4 Å². The number of benzene rings is 1. The molecule has 1 aliphatic carbocycles. The first-order valence-corrected chi connectivity index (χ1v) is 6.45. The van der Waals surface area contributed by atoms with Crippen LogP contribution in [0.3, 0.4) is 0 Å². The van der Waals surface area contributed by atoms with Gasteiger partial charge in [0.15, 0.2) is 5.79 Å². The summed E-state index contributed by atoms with van der Waals surface area (Å²) in [5.74, 6) is -0.625. The van der Waals surface area contributed by atoms with Gasteiger partial charge in [-0.2, -0.15) is 0 Å². The minimum Gasteiger partial charge on any atom is -0.348 e. The van der Waals surface area contributed by atoms with Gasteiger partial charge in [-0.25, -0.2) is 4.39 Å². The first kappa shape index (κ1) is 12.1. The molecule has 2 fully saturated rings. The van der Waals surface area contributed by atoms with Gasteiger partial charge in [0, 0.05) is 18.4 Å². The first-order valence-electron chi connectivity index (χ1n) is 6.45. The normalized spacial score (nSPS) is 25.4. The van der Waals surface area contributed by atoms with Gasteiger partial charge in [0.2, 0.25) is 0 Å². The Morgan fingerprint density at radius 1 is 0.944 bits per heavy atom. The van der Waals surface area contributed by atoms with Crippen LogP contribution >= 0.6 is 0 Å². The smallest absolute Gasteiger partial charge is 0.168 e. The van der Waals surface area contributed by atoms with E-state index in [9.17, 15) is 4.39 Å². The molecule has 2 aliphatic rings. The Balaban J connectivity index is 1.75. The van der Waals surface area contributed by atoms with Crippen molar-refractivity contribution < 1.29 is 13.9 Å². The Hall–Kier alpha value is -0.970. The molecule has 0 bridgehead atoms. The fourth-order valence-electron chi connectivity index (χ4n) is 2.93. The lowest BCUT2D eigenvalue weighted by molar-refractivity contribution is -0.185. The number of nitrogens with two attached hydrogens (primary N) is 1. The molecule has 0 aromatic heterocycles. The zero-order valence-electron chi connectivity index (χ0n) is 10.3. The molecule has 1 aromatic carbocycles. The maximum atomic E-state index is 12.9. The second-order valence-corrected chi connectivity index (χ2v) is 5.27. The number of rotatable bonds is 1. The van der Waals surface area contributed by atoms with Gasteiger partial charge in [-0.05, 0) is 30.5 Å². The second-order valence-electron chi connectivity index (χ2n) is 5.27. The summed E-state index contributed by atoms with van der Waals surface area (Å²) in [6, 6.07) is 6.50. The van der Waals surface area contributed by atoms with Crippen molar-refractivity contribution in [3.05, 3.63) is 35.6 Å². The van der Waals surface area contributed by atoms with E-state index in [2.05, 4.69) is 0 Å². The lowest BCUT2D eigenvalue weighted by Gasteiger charge is -2.41. The Labute approximate surface area is 106 Å². The van der Waals surface area contributed by atoms with Crippen LogP contribution in [0.25, 0.3) is 0 Å². The van der Waals surface area contributed by atoms with Crippen LogP contribution in [0.4, 0.5) is 4.39 Å². The summed E-state index contributed by atoms with van der Waals surface area (Å²) >= 11 is 0. The van der Waals surface area contributed by atoms with Crippen molar-refractivity contribution in [2.24, 2.45) is 5.73 Å². The highest BCUT2D eigenvalue weighted by molar-refractivity contribution is 5.25. The molecule has 3 nitrogen and oxygen atoms in total. The third-order valence-electron chi connectivity index (χ3n) is 4.14. The van der Waals surface area contributed by atoms with Crippen LogP contribution in [0, 0.1) is 5.82 Å². The molecule has 0 radical (unpaired) electrons. The van der Waals surface area contributed by atoms with Gasteiger partial charge in [-0.15, -0.1) is 0 Å². The van der Waals surface area contributed by atoms with E-state index in [4.69, 9.17) is 15.2 Å².